The summed E-state index contributed by atoms with van der Waals surface area (Å²) in [5.41, 5.74) is 0. The summed E-state index contributed by atoms with van der Waals surface area (Å²) < 4.78 is 40.0. The van der Waals surface area contributed by atoms with E-state index in [-0.39, 0.29) is 13.2 Å². The van der Waals surface area contributed by atoms with Crippen LogP contribution in [0.25, 0.3) is 0 Å². The minimum absolute atomic E-state index is 0.202. The number of amides is 1. The van der Waals surface area contributed by atoms with E-state index < -0.39 is 24.9 Å². The van der Waals surface area contributed by atoms with Crippen molar-refractivity contribution in [2.75, 3.05) is 25.6 Å². The Labute approximate surface area is 90.9 Å². The second kappa shape index (κ2) is 7.76. The van der Waals surface area contributed by atoms with E-state index in [1.54, 1.807) is 0 Å². The number of rotatable bonds is 7. The molecule has 0 bridgehead atoms. The topological polar surface area (TPSA) is 38.3 Å². The maximum atomic E-state index is 11.7. The summed E-state index contributed by atoms with van der Waals surface area (Å²) in [5, 5.41) is 2.31. The van der Waals surface area contributed by atoms with Gasteiger partial charge in [-0.1, -0.05) is 0 Å². The van der Waals surface area contributed by atoms with E-state index in [1.165, 1.54) is 0 Å². The molecule has 0 aromatic heterocycles. The van der Waals surface area contributed by atoms with Crippen molar-refractivity contribution in [3.63, 3.8) is 0 Å². The zero-order valence-corrected chi connectivity index (χ0v) is 8.83. The fraction of sp³-hybridized carbons (Fsp3) is 0.875. The van der Waals surface area contributed by atoms with Crippen LogP contribution in [-0.2, 0) is 9.53 Å². The van der Waals surface area contributed by atoms with E-state index in [0.29, 0.717) is 12.5 Å². The molecule has 0 aliphatic rings. The van der Waals surface area contributed by atoms with Gasteiger partial charge in [0, 0.05) is 18.8 Å². The van der Waals surface area contributed by atoms with Gasteiger partial charge in [-0.2, -0.15) is 13.2 Å². The van der Waals surface area contributed by atoms with Crippen LogP contribution in [0.3, 0.4) is 0 Å². The largest absolute Gasteiger partial charge is 0.389 e. The predicted octanol–water partition coefficient (Wildman–Crippen LogP) is 1.70. The van der Waals surface area contributed by atoms with Gasteiger partial charge in [-0.25, -0.2) is 0 Å². The van der Waals surface area contributed by atoms with Crippen LogP contribution in [0, 0.1) is 0 Å². The molecule has 0 saturated heterocycles. The Hall–Kier alpha value is -0.490. The van der Waals surface area contributed by atoms with Gasteiger partial charge >= 0.3 is 6.18 Å². The van der Waals surface area contributed by atoms with Crippen molar-refractivity contribution in [1.82, 2.24) is 5.32 Å². The Bertz CT molecular complexity index is 187. The van der Waals surface area contributed by atoms with Gasteiger partial charge < -0.3 is 10.1 Å². The number of alkyl halides is 4. The van der Waals surface area contributed by atoms with Crippen molar-refractivity contribution in [2.24, 2.45) is 0 Å². The van der Waals surface area contributed by atoms with Gasteiger partial charge in [0.25, 0.3) is 0 Å². The number of ether oxygens (including phenoxy) is 1. The van der Waals surface area contributed by atoms with Gasteiger partial charge in [0.05, 0.1) is 19.6 Å². The fourth-order valence-electron chi connectivity index (χ4n) is 0.763. The Morgan fingerprint density at radius 2 is 2.00 bits per heavy atom. The van der Waals surface area contributed by atoms with Crippen LogP contribution in [0.4, 0.5) is 13.2 Å². The molecule has 0 aliphatic carbocycles. The van der Waals surface area contributed by atoms with E-state index in [4.69, 9.17) is 16.3 Å². The second-order valence-corrected chi connectivity index (χ2v) is 3.14. The molecule has 0 atom stereocenters. The molecule has 0 spiro atoms. The molecule has 0 rings (SSSR count). The lowest BCUT2D eigenvalue weighted by atomic mass is 10.3. The highest BCUT2D eigenvalue weighted by atomic mass is 35.5. The van der Waals surface area contributed by atoms with Crippen molar-refractivity contribution >= 4 is 17.5 Å². The molecule has 7 heteroatoms. The molecule has 0 unspecified atom stereocenters. The van der Waals surface area contributed by atoms with Gasteiger partial charge in [0.2, 0.25) is 5.91 Å². The van der Waals surface area contributed by atoms with Gasteiger partial charge in [-0.15, -0.1) is 11.6 Å². The highest BCUT2D eigenvalue weighted by Gasteiger charge is 2.27. The number of hydrogen-bond donors (Lipinski definition) is 1. The standard InChI is InChI=1S/C8H13ClF3NO2/c9-3-5-15-6-4-13-7(14)1-2-8(10,11)12/h1-6H2,(H,13,14). The first-order chi connectivity index (χ1) is 6.95. The Kier molecular flexibility index (Phi) is 7.50. The average molecular weight is 248 g/mol. The third kappa shape index (κ3) is 11.4. The molecular formula is C8H13ClF3NO2. The molecule has 0 aromatic rings. The quantitative estimate of drug-likeness (QED) is 0.549. The molecule has 90 valence electrons. The van der Waals surface area contributed by atoms with Crippen molar-refractivity contribution in [1.29, 1.82) is 0 Å². The van der Waals surface area contributed by atoms with Crippen LogP contribution in [0.1, 0.15) is 12.8 Å². The van der Waals surface area contributed by atoms with Crippen LogP contribution in [0.5, 0.6) is 0 Å². The summed E-state index contributed by atoms with van der Waals surface area (Å²) in [6.45, 7) is 0.817. The minimum atomic E-state index is -4.29. The highest BCUT2D eigenvalue weighted by Crippen LogP contribution is 2.20. The summed E-state index contributed by atoms with van der Waals surface area (Å²) in [6, 6.07) is 0. The highest BCUT2D eigenvalue weighted by molar-refractivity contribution is 6.17. The SMILES string of the molecule is O=C(CCC(F)(F)F)NCCOCCCl. The normalized spacial score (nSPS) is 11.5. The molecule has 0 heterocycles. The van der Waals surface area contributed by atoms with Crippen LogP contribution in [-0.4, -0.2) is 37.7 Å². The number of carbonyl (C=O) groups excluding carboxylic acids is 1. The first kappa shape index (κ1) is 14.5. The van der Waals surface area contributed by atoms with Crippen LogP contribution >= 0.6 is 11.6 Å². The number of nitrogens with one attached hydrogen (secondary N) is 1. The Morgan fingerprint density at radius 1 is 1.33 bits per heavy atom. The van der Waals surface area contributed by atoms with E-state index in [0.717, 1.165) is 0 Å². The van der Waals surface area contributed by atoms with Crippen molar-refractivity contribution < 1.29 is 22.7 Å². The zero-order valence-electron chi connectivity index (χ0n) is 8.07. The molecule has 0 aliphatic heterocycles. The monoisotopic (exact) mass is 247 g/mol. The summed E-state index contributed by atoms with van der Waals surface area (Å²) in [7, 11) is 0. The molecule has 0 saturated carbocycles. The maximum absolute atomic E-state index is 11.7. The summed E-state index contributed by atoms with van der Waals surface area (Å²) in [4.78, 5) is 10.8. The van der Waals surface area contributed by atoms with Crippen molar-refractivity contribution in [3.05, 3.63) is 0 Å². The van der Waals surface area contributed by atoms with E-state index >= 15 is 0 Å². The third-order valence-corrected chi connectivity index (χ3v) is 1.58. The van der Waals surface area contributed by atoms with Gasteiger partial charge in [0.15, 0.2) is 0 Å². The lowest BCUT2D eigenvalue weighted by molar-refractivity contribution is -0.144. The van der Waals surface area contributed by atoms with E-state index in [9.17, 15) is 18.0 Å². The second-order valence-electron chi connectivity index (χ2n) is 2.77. The molecule has 0 radical (unpaired) electrons. The minimum Gasteiger partial charge on any atom is -0.378 e. The van der Waals surface area contributed by atoms with Crippen LogP contribution in [0.15, 0.2) is 0 Å². The van der Waals surface area contributed by atoms with Crippen LogP contribution < -0.4 is 5.32 Å². The van der Waals surface area contributed by atoms with E-state index in [2.05, 4.69) is 5.32 Å². The summed E-state index contributed by atoms with van der Waals surface area (Å²) in [5.74, 6) is -0.274. The van der Waals surface area contributed by atoms with Gasteiger partial charge in [-0.3, -0.25) is 4.79 Å². The zero-order chi connectivity index (χ0) is 11.7. The Balaban J connectivity index is 3.34. The van der Waals surface area contributed by atoms with Crippen LogP contribution in [0.2, 0.25) is 0 Å². The predicted molar refractivity (Wildman–Crippen MR) is 49.8 cm³/mol. The van der Waals surface area contributed by atoms with Crippen molar-refractivity contribution in [2.45, 2.75) is 19.0 Å². The molecule has 3 nitrogen and oxygen atoms in total. The first-order valence-electron chi connectivity index (χ1n) is 4.43. The molecule has 0 fully saturated rings. The molecule has 1 amide bonds. The Morgan fingerprint density at radius 3 is 2.53 bits per heavy atom. The summed E-state index contributed by atoms with van der Waals surface area (Å²) in [6.07, 6.45) is -5.92. The van der Waals surface area contributed by atoms with E-state index in [1.807, 2.05) is 0 Å². The lowest BCUT2D eigenvalue weighted by Gasteiger charge is -2.07. The average Bonchev–Trinajstić information content (AvgIpc) is 2.13. The third-order valence-electron chi connectivity index (χ3n) is 1.43. The molecule has 0 aromatic carbocycles. The lowest BCUT2D eigenvalue weighted by Crippen LogP contribution is -2.28. The summed E-state index contributed by atoms with van der Waals surface area (Å²) >= 11 is 5.31. The first-order valence-corrected chi connectivity index (χ1v) is 4.96. The molecule has 1 N–H and O–H groups in total. The van der Waals surface area contributed by atoms with Gasteiger partial charge in [0.1, 0.15) is 0 Å². The number of halogens is 4. The maximum Gasteiger partial charge on any atom is 0.389 e. The molecular weight excluding hydrogens is 235 g/mol. The number of carbonyl (C=O) groups is 1. The van der Waals surface area contributed by atoms with Gasteiger partial charge in [-0.05, 0) is 0 Å². The fourth-order valence-corrected chi connectivity index (χ4v) is 0.872. The van der Waals surface area contributed by atoms with Crippen molar-refractivity contribution in [3.8, 4) is 0 Å². The number of hydrogen-bond acceptors (Lipinski definition) is 2. The molecule has 15 heavy (non-hydrogen) atoms. The smallest absolute Gasteiger partial charge is 0.378 e.